The molecule has 1 aliphatic carbocycles. The summed E-state index contributed by atoms with van der Waals surface area (Å²) in [4.78, 5) is 18.4. The van der Waals surface area contributed by atoms with Crippen LogP contribution in [-0.4, -0.2) is 11.0 Å². The highest BCUT2D eigenvalue weighted by Crippen LogP contribution is 2.44. The molecule has 0 spiro atoms. The highest BCUT2D eigenvalue weighted by atomic mass is 17.1. The van der Waals surface area contributed by atoms with Crippen molar-refractivity contribution in [2.75, 3.05) is 0 Å². The molecule has 0 heterocycles. The van der Waals surface area contributed by atoms with Gasteiger partial charge in [-0.2, -0.15) is 4.89 Å². The molecular formula is C26H26O4. The third-order valence-electron chi connectivity index (χ3n) is 5.75. The van der Waals surface area contributed by atoms with Crippen LogP contribution in [0, 0.1) is 6.92 Å². The minimum Gasteiger partial charge on any atom is -0.451 e. The third-order valence-corrected chi connectivity index (χ3v) is 5.75. The number of fused-ring (bicyclic) bond motifs is 2. The normalized spacial score (nSPS) is 17.4. The smallest absolute Gasteiger partial charge is 0.294 e. The first kappa shape index (κ1) is 20.3. The van der Waals surface area contributed by atoms with Crippen LogP contribution in [0.25, 0.3) is 0 Å². The van der Waals surface area contributed by atoms with Crippen molar-refractivity contribution in [1.29, 1.82) is 0 Å². The van der Waals surface area contributed by atoms with Crippen molar-refractivity contribution >= 4 is 5.78 Å². The van der Waals surface area contributed by atoms with Crippen LogP contribution in [0.3, 0.4) is 0 Å². The van der Waals surface area contributed by atoms with E-state index in [9.17, 15) is 10.1 Å². The van der Waals surface area contributed by atoms with Gasteiger partial charge in [-0.15, -0.1) is 0 Å². The molecule has 0 amide bonds. The second kappa shape index (κ2) is 8.42. The van der Waals surface area contributed by atoms with E-state index in [4.69, 9.17) is 9.62 Å². The lowest BCUT2D eigenvalue weighted by Gasteiger charge is -2.37. The van der Waals surface area contributed by atoms with Crippen LogP contribution in [0.5, 0.6) is 5.75 Å². The van der Waals surface area contributed by atoms with Gasteiger partial charge >= 0.3 is 0 Å². The number of rotatable bonds is 7. The molecule has 3 aromatic rings. The summed E-state index contributed by atoms with van der Waals surface area (Å²) in [5.74, 6) is -1.12. The number of hydrogen-bond acceptors (Lipinski definition) is 4. The molecule has 30 heavy (non-hydrogen) atoms. The van der Waals surface area contributed by atoms with E-state index < -0.39 is 5.79 Å². The molecule has 0 bridgehead atoms. The molecule has 4 rings (SSSR count). The maximum absolute atomic E-state index is 13.3. The van der Waals surface area contributed by atoms with Gasteiger partial charge in [0.2, 0.25) is 0 Å². The molecule has 0 saturated heterocycles. The summed E-state index contributed by atoms with van der Waals surface area (Å²) in [5, 5.41) is 10.2. The predicted octanol–water partition coefficient (Wildman–Crippen LogP) is 6.04. The van der Waals surface area contributed by atoms with Crippen molar-refractivity contribution in [1.82, 2.24) is 0 Å². The Morgan fingerprint density at radius 2 is 1.63 bits per heavy atom. The van der Waals surface area contributed by atoms with Gasteiger partial charge in [0.05, 0.1) is 0 Å². The van der Waals surface area contributed by atoms with Crippen molar-refractivity contribution in [3.05, 3.63) is 100 Å². The maximum Gasteiger partial charge on any atom is 0.294 e. The average molecular weight is 402 g/mol. The first-order chi connectivity index (χ1) is 14.6. The lowest BCUT2D eigenvalue weighted by molar-refractivity contribution is -0.373. The Hall–Kier alpha value is -2.95. The fourth-order valence-electron chi connectivity index (χ4n) is 4.11. The zero-order chi connectivity index (χ0) is 21.1. The number of unbranched alkanes of at least 4 members (excludes halogenated alkanes) is 2. The summed E-state index contributed by atoms with van der Waals surface area (Å²) in [6.45, 7) is 4.10. The number of carbonyl (C=O) groups is 1. The number of carbonyl (C=O) groups excluding carboxylic acids is 1. The topological polar surface area (TPSA) is 55.8 Å². The Morgan fingerprint density at radius 3 is 2.40 bits per heavy atom. The molecule has 1 atom stereocenters. The van der Waals surface area contributed by atoms with Crippen molar-refractivity contribution in [3.63, 3.8) is 0 Å². The van der Waals surface area contributed by atoms with E-state index in [1.807, 2.05) is 61.5 Å². The minimum absolute atomic E-state index is 0.0843. The molecule has 4 nitrogen and oxygen atoms in total. The Balaban J connectivity index is 1.87. The maximum atomic E-state index is 13.3. The van der Waals surface area contributed by atoms with Gasteiger partial charge in [-0.1, -0.05) is 74.4 Å². The Bertz CT molecular complexity index is 1070. The second-order valence-electron chi connectivity index (χ2n) is 7.79. The van der Waals surface area contributed by atoms with Gasteiger partial charge in [-0.05, 0) is 43.0 Å². The van der Waals surface area contributed by atoms with E-state index in [-0.39, 0.29) is 5.78 Å². The van der Waals surface area contributed by atoms with Crippen LogP contribution in [0.4, 0.5) is 0 Å². The predicted molar refractivity (Wildman–Crippen MR) is 116 cm³/mol. The first-order valence-electron chi connectivity index (χ1n) is 10.5. The molecule has 0 aliphatic heterocycles. The van der Waals surface area contributed by atoms with Gasteiger partial charge < -0.3 is 4.74 Å². The summed E-state index contributed by atoms with van der Waals surface area (Å²) in [6.07, 6.45) is 4.26. The van der Waals surface area contributed by atoms with Gasteiger partial charge in [0.15, 0.2) is 5.78 Å². The van der Waals surface area contributed by atoms with Crippen LogP contribution >= 0.6 is 0 Å². The third kappa shape index (κ3) is 3.42. The van der Waals surface area contributed by atoms with Crippen LogP contribution in [-0.2, 0) is 17.1 Å². The van der Waals surface area contributed by atoms with E-state index in [1.165, 1.54) is 0 Å². The molecular weight excluding hydrogens is 376 g/mol. The van der Waals surface area contributed by atoms with E-state index in [0.717, 1.165) is 36.8 Å². The summed E-state index contributed by atoms with van der Waals surface area (Å²) in [5.41, 5.74) is 3.98. The lowest BCUT2D eigenvalue weighted by Crippen LogP contribution is -2.42. The molecule has 1 unspecified atom stereocenters. The standard InChI is InChI=1S/C26H26O4/c1-3-4-5-11-19-15-16-23-21(17-19)25(27)20-12-7-8-13-22(20)26(23,30-28)29-24-14-9-6-10-18(24)2/h6-10,12-17,28H,3-5,11H2,1-2H3. The van der Waals surface area contributed by atoms with Gasteiger partial charge in [-0.3, -0.25) is 4.79 Å². The molecule has 0 radical (unpaired) electrons. The second-order valence-corrected chi connectivity index (χ2v) is 7.79. The molecule has 0 saturated carbocycles. The fraction of sp³-hybridized carbons (Fsp3) is 0.269. The number of benzene rings is 3. The van der Waals surface area contributed by atoms with E-state index in [0.29, 0.717) is 28.0 Å². The van der Waals surface area contributed by atoms with E-state index >= 15 is 0 Å². The molecule has 154 valence electrons. The lowest BCUT2D eigenvalue weighted by atomic mass is 9.79. The largest absolute Gasteiger partial charge is 0.451 e. The summed E-state index contributed by atoms with van der Waals surface area (Å²) in [7, 11) is 0. The molecule has 1 N–H and O–H groups in total. The Morgan fingerprint density at radius 1 is 0.900 bits per heavy atom. The van der Waals surface area contributed by atoms with E-state index in [1.54, 1.807) is 12.1 Å². The van der Waals surface area contributed by atoms with Crippen LogP contribution < -0.4 is 4.74 Å². The Labute approximate surface area is 177 Å². The summed E-state index contributed by atoms with van der Waals surface area (Å²) < 4.78 is 6.34. The molecule has 0 fully saturated rings. The monoisotopic (exact) mass is 402 g/mol. The van der Waals surface area contributed by atoms with Gasteiger partial charge in [0.25, 0.3) is 5.79 Å². The zero-order valence-corrected chi connectivity index (χ0v) is 17.4. The molecule has 3 aromatic carbocycles. The van der Waals surface area contributed by atoms with Crippen molar-refractivity contribution in [3.8, 4) is 5.75 Å². The number of ketones is 1. The van der Waals surface area contributed by atoms with Gasteiger partial charge in [-0.25, -0.2) is 5.26 Å². The van der Waals surface area contributed by atoms with Crippen molar-refractivity contribution in [2.45, 2.75) is 45.3 Å². The summed E-state index contributed by atoms with van der Waals surface area (Å²) >= 11 is 0. The fourth-order valence-corrected chi connectivity index (χ4v) is 4.11. The Kier molecular flexibility index (Phi) is 5.71. The number of ether oxygens (including phenoxy) is 1. The highest BCUT2D eigenvalue weighted by Gasteiger charge is 2.48. The molecule has 4 heteroatoms. The quantitative estimate of drug-likeness (QED) is 0.226. The molecule has 1 aliphatic rings. The SMILES string of the molecule is CCCCCc1ccc2c(c1)C(=O)c1ccccc1C2(OO)Oc1ccccc1C. The minimum atomic E-state index is -1.62. The highest BCUT2D eigenvalue weighted by molar-refractivity contribution is 6.13. The average Bonchev–Trinajstić information content (AvgIpc) is 2.78. The molecule has 0 aromatic heterocycles. The van der Waals surface area contributed by atoms with Gasteiger partial charge in [0.1, 0.15) is 5.75 Å². The van der Waals surface area contributed by atoms with Crippen molar-refractivity contribution in [2.24, 2.45) is 0 Å². The summed E-state index contributed by atoms with van der Waals surface area (Å²) in [6, 6.07) is 20.4. The van der Waals surface area contributed by atoms with Gasteiger partial charge in [0, 0.05) is 22.3 Å². The van der Waals surface area contributed by atoms with Crippen LogP contribution in [0.2, 0.25) is 0 Å². The number of hydrogen-bond donors (Lipinski definition) is 1. The van der Waals surface area contributed by atoms with Crippen LogP contribution in [0.1, 0.15) is 64.4 Å². The first-order valence-corrected chi connectivity index (χ1v) is 10.5. The van der Waals surface area contributed by atoms with E-state index in [2.05, 4.69) is 6.92 Å². The van der Waals surface area contributed by atoms with Crippen molar-refractivity contribution < 1.29 is 19.7 Å². The van der Waals surface area contributed by atoms with Crippen LogP contribution in [0.15, 0.2) is 66.7 Å². The number of aryl methyl sites for hydroxylation is 2. The zero-order valence-electron chi connectivity index (χ0n) is 17.4. The number of para-hydroxylation sites is 1.